The van der Waals surface area contributed by atoms with Crippen LogP contribution in [-0.2, 0) is 43.0 Å². The highest BCUT2D eigenvalue weighted by Crippen LogP contribution is 2.18. The van der Waals surface area contributed by atoms with E-state index in [1.165, 1.54) is 0 Å². The molecule has 13 nitrogen and oxygen atoms in total. The van der Waals surface area contributed by atoms with Gasteiger partial charge in [0, 0.05) is 12.3 Å². The number of allylic oxidation sites excluding steroid dienone is 1. The van der Waals surface area contributed by atoms with Crippen LogP contribution in [0.1, 0.15) is 73.1 Å². The number of esters is 3. The molecule has 0 aromatic rings. The van der Waals surface area contributed by atoms with Crippen molar-refractivity contribution in [2.75, 3.05) is 21.3 Å². The quantitative estimate of drug-likeness (QED) is 0.0721. The molecule has 0 heterocycles. The molecule has 0 unspecified atom stereocenters. The van der Waals surface area contributed by atoms with Crippen molar-refractivity contribution in [1.29, 1.82) is 0 Å². The molecule has 244 valence electrons. The Morgan fingerprint density at radius 1 is 0.930 bits per heavy atom. The van der Waals surface area contributed by atoms with Gasteiger partial charge in [-0.1, -0.05) is 64.3 Å². The van der Waals surface area contributed by atoms with Gasteiger partial charge in [-0.05, 0) is 26.2 Å². The number of hydrogen-bond donors (Lipinski definition) is 4. The van der Waals surface area contributed by atoms with Gasteiger partial charge in [0.25, 0.3) is 5.91 Å². The fraction of sp³-hybridized carbons (Fsp3) is 0.667. The van der Waals surface area contributed by atoms with Gasteiger partial charge in [0.05, 0.1) is 27.8 Å². The number of ether oxygens (including phenoxy) is 3. The topological polar surface area (TPSA) is 186 Å². The number of carbonyl (C=O) groups excluding carboxylic acids is 6. The van der Waals surface area contributed by atoms with E-state index in [0.717, 1.165) is 53.9 Å². The molecule has 0 radical (unpaired) electrons. The zero-order chi connectivity index (χ0) is 33.3. The minimum absolute atomic E-state index is 0.115. The first-order valence-electron chi connectivity index (χ1n) is 14.2. The molecule has 4 N–H and O–H groups in total. The summed E-state index contributed by atoms with van der Waals surface area (Å²) in [6, 6.07) is -4.69. The second-order valence-corrected chi connectivity index (χ2v) is 10.7. The summed E-state index contributed by atoms with van der Waals surface area (Å²) in [6.45, 7) is 12.1. The monoisotopic (exact) mass is 611 g/mol. The Labute approximate surface area is 254 Å². The first-order chi connectivity index (χ1) is 20.1. The van der Waals surface area contributed by atoms with E-state index in [1.807, 2.05) is 13.0 Å². The lowest BCUT2D eigenvalue weighted by molar-refractivity contribution is -0.160. The van der Waals surface area contributed by atoms with Gasteiger partial charge in [-0.2, -0.15) is 0 Å². The SMILES string of the molecule is C=C(C)[C@@H](C)[C@H](NC(=O)[C@@](C)(O)[C@H](NC(=O)C/C=C/[C@@H](C)CCCCC)C(=O)OC)C(=O)N[C@@H](CC(=O)OC)C(=O)OC. The van der Waals surface area contributed by atoms with Crippen LogP contribution >= 0.6 is 0 Å². The summed E-state index contributed by atoms with van der Waals surface area (Å²) in [4.78, 5) is 75.9. The van der Waals surface area contributed by atoms with Crippen LogP contribution in [0.2, 0.25) is 0 Å². The zero-order valence-corrected chi connectivity index (χ0v) is 26.6. The third kappa shape index (κ3) is 13.4. The fourth-order valence-electron chi connectivity index (χ4n) is 3.95. The van der Waals surface area contributed by atoms with Crippen molar-refractivity contribution in [3.05, 3.63) is 24.3 Å². The van der Waals surface area contributed by atoms with Gasteiger partial charge in [0.15, 0.2) is 11.6 Å². The average molecular weight is 612 g/mol. The maximum Gasteiger partial charge on any atom is 0.331 e. The van der Waals surface area contributed by atoms with E-state index in [2.05, 4.69) is 38.9 Å². The molecule has 0 aromatic carbocycles. The molecule has 13 heteroatoms. The fourth-order valence-corrected chi connectivity index (χ4v) is 3.95. The number of carbonyl (C=O) groups is 6. The van der Waals surface area contributed by atoms with E-state index in [-0.39, 0.29) is 12.3 Å². The van der Waals surface area contributed by atoms with Gasteiger partial charge in [0.2, 0.25) is 11.8 Å². The van der Waals surface area contributed by atoms with E-state index in [1.54, 1.807) is 19.9 Å². The van der Waals surface area contributed by atoms with Gasteiger partial charge >= 0.3 is 17.9 Å². The minimum atomic E-state index is -2.58. The van der Waals surface area contributed by atoms with Gasteiger partial charge in [-0.25, -0.2) is 9.59 Å². The van der Waals surface area contributed by atoms with E-state index in [9.17, 15) is 33.9 Å². The standard InChI is InChI=1S/C30H49N3O10/c1-10-11-12-14-19(4)15-13-16-22(34)32-25(28(38)43-9)30(6,40)29(39)33-24(20(5)18(2)3)26(36)31-21(27(37)42-8)17-23(35)41-7/h13,15,19-21,24-25,40H,2,10-12,14,16-17H2,1,3-9H3,(H,31,36)(H,32,34)(H,33,39)/b15-13+/t19-,20+,21-,24-,25+,30-/m0/s1. The minimum Gasteiger partial charge on any atom is -0.469 e. The number of rotatable bonds is 19. The Kier molecular flexibility index (Phi) is 17.8. The number of hydrogen-bond acceptors (Lipinski definition) is 10. The zero-order valence-electron chi connectivity index (χ0n) is 26.6. The summed E-state index contributed by atoms with van der Waals surface area (Å²) in [6.07, 6.45) is 7.12. The highest BCUT2D eigenvalue weighted by molar-refractivity contribution is 5.98. The van der Waals surface area contributed by atoms with Gasteiger partial charge < -0.3 is 35.3 Å². The molecule has 0 aliphatic carbocycles. The van der Waals surface area contributed by atoms with Gasteiger partial charge in [0.1, 0.15) is 12.1 Å². The smallest absolute Gasteiger partial charge is 0.331 e. The first-order valence-corrected chi connectivity index (χ1v) is 14.2. The Morgan fingerprint density at radius 3 is 2.05 bits per heavy atom. The summed E-state index contributed by atoms with van der Waals surface area (Å²) in [7, 11) is 3.20. The molecule has 0 aromatic heterocycles. The number of aliphatic hydroxyl groups is 1. The molecule has 3 amide bonds. The Morgan fingerprint density at radius 2 is 1.53 bits per heavy atom. The third-order valence-corrected chi connectivity index (χ3v) is 7.04. The number of methoxy groups -OCH3 is 3. The molecule has 0 saturated carbocycles. The van der Waals surface area contributed by atoms with E-state index >= 15 is 0 Å². The van der Waals surface area contributed by atoms with Gasteiger partial charge in [-0.15, -0.1) is 0 Å². The summed E-state index contributed by atoms with van der Waals surface area (Å²) in [5, 5.41) is 18.3. The molecule has 43 heavy (non-hydrogen) atoms. The highest BCUT2D eigenvalue weighted by Gasteiger charge is 2.47. The van der Waals surface area contributed by atoms with Crippen LogP contribution in [-0.4, -0.2) is 85.8 Å². The van der Waals surface area contributed by atoms with Crippen LogP contribution in [0.15, 0.2) is 24.3 Å². The first kappa shape index (κ1) is 39.3. The lowest BCUT2D eigenvalue weighted by atomic mass is 9.90. The Bertz CT molecular complexity index is 1020. The highest BCUT2D eigenvalue weighted by atomic mass is 16.5. The van der Waals surface area contributed by atoms with Crippen molar-refractivity contribution >= 4 is 35.6 Å². The van der Waals surface area contributed by atoms with Crippen molar-refractivity contribution in [2.24, 2.45) is 11.8 Å². The normalized spacial score (nSPS) is 15.9. The van der Waals surface area contributed by atoms with Crippen molar-refractivity contribution in [1.82, 2.24) is 16.0 Å². The summed E-state index contributed by atoms with van der Waals surface area (Å²) in [5.74, 6) is -6.07. The summed E-state index contributed by atoms with van der Waals surface area (Å²) < 4.78 is 13.9. The van der Waals surface area contributed by atoms with E-state index in [4.69, 9.17) is 4.74 Å². The van der Waals surface area contributed by atoms with Crippen molar-refractivity contribution < 1.29 is 48.1 Å². The second kappa shape index (κ2) is 19.4. The largest absolute Gasteiger partial charge is 0.469 e. The molecular formula is C30H49N3O10. The molecule has 0 spiro atoms. The van der Waals surface area contributed by atoms with Crippen molar-refractivity contribution in [3.8, 4) is 0 Å². The number of unbranched alkanes of at least 4 members (excludes halogenated alkanes) is 2. The molecule has 0 bridgehead atoms. The number of nitrogens with one attached hydrogen (secondary N) is 3. The van der Waals surface area contributed by atoms with E-state index in [0.29, 0.717) is 5.57 Å². The van der Waals surface area contributed by atoms with E-state index < -0.39 is 71.7 Å². The predicted octanol–water partition coefficient (Wildman–Crippen LogP) is 1.48. The number of amides is 3. The molecule has 0 aliphatic heterocycles. The second-order valence-electron chi connectivity index (χ2n) is 10.7. The lowest BCUT2D eigenvalue weighted by Crippen LogP contribution is -2.65. The molecule has 0 fully saturated rings. The van der Waals surface area contributed by atoms with Gasteiger partial charge in [-0.3, -0.25) is 19.2 Å². The average Bonchev–Trinajstić information content (AvgIpc) is 2.96. The Hall–Kier alpha value is -3.74. The maximum atomic E-state index is 13.4. The molecule has 0 aliphatic rings. The van der Waals surface area contributed by atoms with Crippen LogP contribution in [0.4, 0.5) is 0 Å². The molecule has 0 saturated heterocycles. The van der Waals surface area contributed by atoms with Crippen LogP contribution < -0.4 is 16.0 Å². The summed E-state index contributed by atoms with van der Waals surface area (Å²) in [5.41, 5.74) is -2.13. The Balaban J connectivity index is 5.92. The van der Waals surface area contributed by atoms with Crippen LogP contribution in [0, 0.1) is 11.8 Å². The van der Waals surface area contributed by atoms with Crippen molar-refractivity contribution in [3.63, 3.8) is 0 Å². The molecule has 6 atom stereocenters. The third-order valence-electron chi connectivity index (χ3n) is 7.04. The van der Waals surface area contributed by atoms with Crippen LogP contribution in [0.5, 0.6) is 0 Å². The summed E-state index contributed by atoms with van der Waals surface area (Å²) >= 11 is 0. The maximum absolute atomic E-state index is 13.4. The lowest BCUT2D eigenvalue weighted by Gasteiger charge is -2.33. The predicted molar refractivity (Wildman–Crippen MR) is 158 cm³/mol. The van der Waals surface area contributed by atoms with Crippen LogP contribution in [0.3, 0.4) is 0 Å². The molecular weight excluding hydrogens is 562 g/mol. The van der Waals surface area contributed by atoms with Crippen LogP contribution in [0.25, 0.3) is 0 Å². The molecule has 0 rings (SSSR count). The van der Waals surface area contributed by atoms with Crippen molar-refractivity contribution in [2.45, 2.75) is 96.9 Å².